The van der Waals surface area contributed by atoms with Gasteiger partial charge < -0.3 is 0 Å². The lowest BCUT2D eigenvalue weighted by molar-refractivity contribution is -0.117. The van der Waals surface area contributed by atoms with Crippen LogP contribution in [0.5, 0.6) is 0 Å². The van der Waals surface area contributed by atoms with Crippen LogP contribution in [0.25, 0.3) is 11.0 Å². The summed E-state index contributed by atoms with van der Waals surface area (Å²) in [5.41, 5.74) is 2.80. The van der Waals surface area contributed by atoms with Gasteiger partial charge in [0.25, 0.3) is 5.56 Å². The van der Waals surface area contributed by atoms with Crippen molar-refractivity contribution < 1.29 is 4.79 Å². The van der Waals surface area contributed by atoms with Crippen molar-refractivity contribution in [3.8, 4) is 0 Å². The third kappa shape index (κ3) is 3.19. The van der Waals surface area contributed by atoms with E-state index in [1.165, 1.54) is 10.7 Å². The molecule has 0 bridgehead atoms. The summed E-state index contributed by atoms with van der Waals surface area (Å²) in [7, 11) is 0. The summed E-state index contributed by atoms with van der Waals surface area (Å²) in [6, 6.07) is 6.77. The molecule has 5 heteroatoms. The number of nitrogens with one attached hydrogen (secondary N) is 1. The summed E-state index contributed by atoms with van der Waals surface area (Å²) >= 11 is 0. The van der Waals surface area contributed by atoms with Crippen LogP contribution in [0.4, 0.5) is 0 Å². The highest BCUT2D eigenvalue weighted by atomic mass is 16.2. The second-order valence-corrected chi connectivity index (χ2v) is 4.42. The Morgan fingerprint density at radius 2 is 2.16 bits per heavy atom. The van der Waals surface area contributed by atoms with Crippen LogP contribution in [-0.4, -0.2) is 15.6 Å². The zero-order valence-corrected chi connectivity index (χ0v) is 10.9. The van der Waals surface area contributed by atoms with Gasteiger partial charge in [-0.25, -0.2) is 4.98 Å². The van der Waals surface area contributed by atoms with E-state index in [1.807, 2.05) is 6.07 Å². The van der Waals surface area contributed by atoms with Gasteiger partial charge in [-0.05, 0) is 24.6 Å². The molecule has 1 amide bonds. The average Bonchev–Trinajstić information content (AvgIpc) is 2.42. The molecule has 0 radical (unpaired) electrons. The molecule has 2 rings (SSSR count). The van der Waals surface area contributed by atoms with E-state index in [2.05, 4.69) is 17.3 Å². The Hall–Kier alpha value is -2.17. The number of carbonyl (C=O) groups excluding carboxylic acids is 1. The highest BCUT2D eigenvalue weighted by Crippen LogP contribution is 2.06. The lowest BCUT2D eigenvalue weighted by Crippen LogP contribution is -2.33. The molecule has 100 valence electrons. The van der Waals surface area contributed by atoms with Gasteiger partial charge in [-0.1, -0.05) is 19.8 Å². The van der Waals surface area contributed by atoms with E-state index >= 15 is 0 Å². The molecule has 0 spiro atoms. The molecule has 0 unspecified atom stereocenters. The van der Waals surface area contributed by atoms with E-state index < -0.39 is 0 Å². The number of nitrogens with zero attached hydrogens (tertiary/aromatic N) is 2. The Labute approximate surface area is 111 Å². The zero-order valence-electron chi connectivity index (χ0n) is 10.9. The maximum absolute atomic E-state index is 11.8. The molecule has 0 fully saturated rings. The number of fused-ring (bicyclic) bond motifs is 1. The van der Waals surface area contributed by atoms with Crippen LogP contribution in [-0.2, 0) is 4.79 Å². The number of hydrogen-bond acceptors (Lipinski definition) is 3. The van der Waals surface area contributed by atoms with Crippen LogP contribution in [0.1, 0.15) is 32.6 Å². The highest BCUT2D eigenvalue weighted by molar-refractivity contribution is 5.85. The second kappa shape index (κ2) is 6.13. The molecular weight excluding hydrogens is 242 g/mol. The number of hydrogen-bond donors (Lipinski definition) is 1. The van der Waals surface area contributed by atoms with Crippen LogP contribution < -0.4 is 11.0 Å². The van der Waals surface area contributed by atoms with Gasteiger partial charge in [-0.15, -0.1) is 0 Å². The number of aromatic nitrogens is 2. The molecule has 0 saturated heterocycles. The summed E-state index contributed by atoms with van der Waals surface area (Å²) in [6.07, 6.45) is 4.92. The van der Waals surface area contributed by atoms with Crippen LogP contribution in [0.3, 0.4) is 0 Å². The summed E-state index contributed by atoms with van der Waals surface area (Å²) in [4.78, 5) is 27.7. The van der Waals surface area contributed by atoms with E-state index in [9.17, 15) is 9.59 Å². The monoisotopic (exact) mass is 259 g/mol. The molecule has 2 aromatic heterocycles. The van der Waals surface area contributed by atoms with Crippen LogP contribution in [0, 0.1) is 0 Å². The van der Waals surface area contributed by atoms with Crippen molar-refractivity contribution in [2.75, 3.05) is 5.43 Å². The molecular formula is C14H17N3O2. The number of amides is 1. The molecule has 0 aliphatic heterocycles. The molecule has 2 aromatic rings. The van der Waals surface area contributed by atoms with Crippen molar-refractivity contribution in [2.24, 2.45) is 0 Å². The molecule has 5 nitrogen and oxygen atoms in total. The van der Waals surface area contributed by atoms with Crippen LogP contribution in [0.2, 0.25) is 0 Å². The zero-order chi connectivity index (χ0) is 13.7. The number of pyridine rings is 2. The van der Waals surface area contributed by atoms with E-state index in [0.717, 1.165) is 24.6 Å². The lowest BCUT2D eigenvalue weighted by Gasteiger charge is -2.10. The summed E-state index contributed by atoms with van der Waals surface area (Å²) < 4.78 is 1.21. The quantitative estimate of drug-likeness (QED) is 0.836. The first-order chi connectivity index (χ1) is 9.22. The Kier molecular flexibility index (Phi) is 4.28. The van der Waals surface area contributed by atoms with Gasteiger partial charge in [0.15, 0.2) is 5.65 Å². The van der Waals surface area contributed by atoms with Gasteiger partial charge in [0.1, 0.15) is 0 Å². The highest BCUT2D eigenvalue weighted by Gasteiger charge is 2.07. The Balaban J connectivity index is 2.22. The van der Waals surface area contributed by atoms with E-state index in [-0.39, 0.29) is 11.5 Å². The third-order valence-electron chi connectivity index (χ3n) is 2.90. The van der Waals surface area contributed by atoms with Gasteiger partial charge in [-0.3, -0.25) is 15.0 Å². The first kappa shape index (κ1) is 13.3. The molecule has 1 N–H and O–H groups in total. The molecule has 0 aliphatic rings. The van der Waals surface area contributed by atoms with Crippen molar-refractivity contribution in [3.05, 3.63) is 40.8 Å². The van der Waals surface area contributed by atoms with Gasteiger partial charge in [0.05, 0.1) is 0 Å². The second-order valence-electron chi connectivity index (χ2n) is 4.42. The Morgan fingerprint density at radius 1 is 1.32 bits per heavy atom. The van der Waals surface area contributed by atoms with Crippen LogP contribution in [0.15, 0.2) is 35.3 Å². The minimum atomic E-state index is -0.282. The first-order valence-corrected chi connectivity index (χ1v) is 6.49. The smallest absolute Gasteiger partial charge is 0.271 e. The Morgan fingerprint density at radius 3 is 2.95 bits per heavy atom. The number of rotatable bonds is 5. The molecule has 0 saturated carbocycles. The maximum Gasteiger partial charge on any atom is 0.271 e. The first-order valence-electron chi connectivity index (χ1n) is 6.49. The third-order valence-corrected chi connectivity index (χ3v) is 2.90. The SMILES string of the molecule is CCCCCC(=O)Nn1c(=O)ccc2cccnc21. The van der Waals surface area contributed by atoms with E-state index in [0.29, 0.717) is 12.1 Å². The van der Waals surface area contributed by atoms with Gasteiger partial charge in [0.2, 0.25) is 5.91 Å². The van der Waals surface area contributed by atoms with Crippen molar-refractivity contribution in [2.45, 2.75) is 32.6 Å². The topological polar surface area (TPSA) is 64.0 Å². The van der Waals surface area contributed by atoms with E-state index in [4.69, 9.17) is 0 Å². The summed E-state index contributed by atoms with van der Waals surface area (Å²) in [5, 5.41) is 0.816. The predicted molar refractivity (Wildman–Crippen MR) is 74.5 cm³/mol. The fourth-order valence-electron chi connectivity index (χ4n) is 1.89. The molecule has 0 aliphatic carbocycles. The van der Waals surface area contributed by atoms with Gasteiger partial charge in [-0.2, -0.15) is 4.68 Å². The standard InChI is InChI=1S/C14H17N3O2/c1-2-3-4-7-12(18)16-17-13(19)9-8-11-6-5-10-15-14(11)17/h5-6,8-10H,2-4,7H2,1H3,(H,16,18). The van der Waals surface area contributed by atoms with Crippen molar-refractivity contribution in [1.82, 2.24) is 9.66 Å². The molecule has 0 atom stereocenters. The summed E-state index contributed by atoms with van der Waals surface area (Å²) in [6.45, 7) is 2.08. The molecule has 19 heavy (non-hydrogen) atoms. The van der Waals surface area contributed by atoms with Crippen molar-refractivity contribution in [1.29, 1.82) is 0 Å². The minimum Gasteiger partial charge on any atom is -0.273 e. The molecule has 2 heterocycles. The maximum atomic E-state index is 11.8. The molecule has 0 aromatic carbocycles. The normalized spacial score (nSPS) is 10.6. The van der Waals surface area contributed by atoms with Crippen molar-refractivity contribution >= 4 is 16.9 Å². The number of carbonyl (C=O) groups is 1. The van der Waals surface area contributed by atoms with Gasteiger partial charge >= 0.3 is 0 Å². The van der Waals surface area contributed by atoms with Gasteiger partial charge in [0, 0.05) is 24.1 Å². The fourth-order valence-corrected chi connectivity index (χ4v) is 1.89. The minimum absolute atomic E-state index is 0.159. The fraction of sp³-hybridized carbons (Fsp3) is 0.357. The van der Waals surface area contributed by atoms with Crippen molar-refractivity contribution in [3.63, 3.8) is 0 Å². The largest absolute Gasteiger partial charge is 0.273 e. The predicted octanol–water partition coefficient (Wildman–Crippen LogP) is 2.05. The van der Waals surface area contributed by atoms with E-state index in [1.54, 1.807) is 18.3 Å². The number of unbranched alkanes of at least 4 members (excludes halogenated alkanes) is 2. The lowest BCUT2D eigenvalue weighted by atomic mass is 10.2. The Bertz CT molecular complexity index is 634. The average molecular weight is 259 g/mol. The summed E-state index contributed by atoms with van der Waals surface area (Å²) in [5.74, 6) is -0.159. The van der Waals surface area contributed by atoms with Crippen LogP contribution >= 0.6 is 0 Å².